The average molecular weight is 1090 g/mol. The number of nitrogens with one attached hydrogen (secondary N) is 1. The van der Waals surface area contributed by atoms with Crippen LogP contribution in [-0.4, -0.2) is 146 Å². The number of nitrogen functional groups attached to an aromatic ring is 1. The second-order valence-corrected chi connectivity index (χ2v) is 23.9. The largest absolute Gasteiger partial charge is 0.507 e. The van der Waals surface area contributed by atoms with Gasteiger partial charge in [-0.2, -0.15) is 0 Å². The number of hydrogen-bond donors (Lipinski definition) is 4. The van der Waals surface area contributed by atoms with Crippen molar-refractivity contribution >= 4 is 40.3 Å². The fourth-order valence-corrected chi connectivity index (χ4v) is 14.1. The van der Waals surface area contributed by atoms with Gasteiger partial charge in [-0.3, -0.25) is 14.5 Å². The van der Waals surface area contributed by atoms with E-state index in [2.05, 4.69) is 57.5 Å². The Kier molecular flexibility index (Phi) is 14.9. The van der Waals surface area contributed by atoms with E-state index >= 15 is 0 Å². The van der Waals surface area contributed by atoms with Gasteiger partial charge < -0.3 is 54.7 Å². The van der Waals surface area contributed by atoms with Gasteiger partial charge in [0.05, 0.1) is 51.8 Å². The number of aliphatic hydroxyl groups excluding tert-OH is 1. The van der Waals surface area contributed by atoms with Crippen LogP contribution in [0, 0.1) is 24.7 Å². The number of hydrogen-bond acceptors (Lipinski definition) is 18. The quantitative estimate of drug-likeness (QED) is 0.0657. The number of para-hydroxylation sites is 1. The maximum absolute atomic E-state index is 14.3. The molecule has 20 heteroatoms. The lowest BCUT2D eigenvalue weighted by Crippen LogP contribution is -2.54. The van der Waals surface area contributed by atoms with Gasteiger partial charge in [0.15, 0.2) is 11.6 Å². The first-order chi connectivity index (χ1) is 38.3. The number of β-amino-alcohol motifs (C(OH)–C–C–N with tert-alkyl or cyclic N) is 1. The smallest absolute Gasteiger partial charge is 0.254 e. The number of aromatic hydroxyl groups is 1. The predicted molar refractivity (Wildman–Crippen MR) is 299 cm³/mol. The van der Waals surface area contributed by atoms with Crippen LogP contribution >= 0.6 is 11.3 Å². The van der Waals surface area contributed by atoms with Gasteiger partial charge in [0.1, 0.15) is 30.4 Å². The molecular formula is C59H71N11O8S. The average Bonchev–Trinajstić information content (AvgIpc) is 4.32. The number of pyridine rings is 1. The summed E-state index contributed by atoms with van der Waals surface area (Å²) in [6.45, 7) is 12.6. The number of rotatable bonds is 18. The first-order valence-corrected chi connectivity index (χ1v) is 29.0. The van der Waals surface area contributed by atoms with E-state index in [9.17, 15) is 19.8 Å². The van der Waals surface area contributed by atoms with Crippen LogP contribution in [0.2, 0.25) is 0 Å². The summed E-state index contributed by atoms with van der Waals surface area (Å²) in [6.07, 6.45) is 7.68. The summed E-state index contributed by atoms with van der Waals surface area (Å²) in [6, 6.07) is 22.5. The second-order valence-electron chi connectivity index (χ2n) is 23.1. The highest BCUT2D eigenvalue weighted by atomic mass is 32.1. The van der Waals surface area contributed by atoms with Gasteiger partial charge in [-0.15, -0.1) is 21.5 Å². The van der Waals surface area contributed by atoms with Crippen molar-refractivity contribution in [2.24, 2.45) is 17.8 Å². The van der Waals surface area contributed by atoms with Gasteiger partial charge in [-0.05, 0) is 97.8 Å². The summed E-state index contributed by atoms with van der Waals surface area (Å²) in [7, 11) is 0. The summed E-state index contributed by atoms with van der Waals surface area (Å²) in [5.41, 5.74) is 14.4. The molecule has 0 radical (unpaired) electrons. The van der Waals surface area contributed by atoms with Crippen LogP contribution in [0.15, 0.2) is 89.0 Å². The molecule has 2 aliphatic carbocycles. The Morgan fingerprint density at radius 1 is 0.861 bits per heavy atom. The summed E-state index contributed by atoms with van der Waals surface area (Å²) < 4.78 is 25.0. The Morgan fingerprint density at radius 2 is 1.61 bits per heavy atom. The van der Waals surface area contributed by atoms with Crippen molar-refractivity contribution in [3.8, 4) is 39.2 Å². The molecule has 2 amide bonds. The maximum Gasteiger partial charge on any atom is 0.254 e. The predicted octanol–water partition coefficient (Wildman–Crippen LogP) is 7.40. The first-order valence-electron chi connectivity index (χ1n) is 28.1. The van der Waals surface area contributed by atoms with Gasteiger partial charge in [-0.25, -0.2) is 9.97 Å². The lowest BCUT2D eigenvalue weighted by Gasteiger charge is -2.43. The molecular weight excluding hydrogens is 1020 g/mol. The third-order valence-electron chi connectivity index (χ3n) is 17.4. The Labute approximate surface area is 464 Å². The van der Waals surface area contributed by atoms with Crippen LogP contribution in [0.1, 0.15) is 94.7 Å². The number of piperazine rings is 1. The number of phenolic OH excluding ortho intramolecular Hbond substituents is 1. The topological polar surface area (TPSA) is 231 Å². The number of nitrogens with two attached hydrogens (primary N) is 1. The minimum absolute atomic E-state index is 0.0578. The van der Waals surface area contributed by atoms with Crippen LogP contribution < -0.4 is 30.3 Å². The number of carbonyl (C=O) groups is 2. The number of aromatic nitrogens is 5. The molecule has 2 unspecified atom stereocenters. The molecule has 2 saturated carbocycles. The Hall–Kier alpha value is -6.87. The number of benzene rings is 2. The lowest BCUT2D eigenvalue weighted by molar-refractivity contribution is -0.141. The van der Waals surface area contributed by atoms with E-state index in [1.54, 1.807) is 29.5 Å². The van der Waals surface area contributed by atoms with Gasteiger partial charge in [-0.1, -0.05) is 50.2 Å². The Balaban J connectivity index is 0.567. The van der Waals surface area contributed by atoms with E-state index in [1.807, 2.05) is 81.9 Å². The van der Waals surface area contributed by atoms with E-state index in [4.69, 9.17) is 24.5 Å². The number of carbonyl (C=O) groups excluding carboxylic acids is 2. The number of anilines is 3. The molecule has 19 nitrogen and oxygen atoms in total. The number of aliphatic hydroxyl groups is 1. The summed E-state index contributed by atoms with van der Waals surface area (Å²) in [5, 5.41) is 37.1. The number of aryl methyl sites for hydroxylation is 1. The SMILES string of the molecule is Cc1ncsc1-c1ccc([C@H](C)NC(=O)[C@@H]2C[C@@H](O)CN2C(=O)[C@@H](c2cc(OCCN3C[C@H]4CC(OC5CC(Oc6cc(N7C8CC[C@@H]7CN(c7cc(-c9ccccc9O)nnc7N)C8)ccn6)C5)C[C@H]4C3)no2)C(C)C)cc1. The van der Waals surface area contributed by atoms with Crippen molar-refractivity contribution in [3.63, 3.8) is 0 Å². The number of fused-ring (bicyclic) bond motifs is 3. The molecule has 8 heterocycles. The van der Waals surface area contributed by atoms with E-state index < -0.39 is 18.1 Å². The third kappa shape index (κ3) is 11.1. The summed E-state index contributed by atoms with van der Waals surface area (Å²) in [5.74, 6) is 1.58. The molecule has 6 aromatic rings. The normalized spacial score (nSPS) is 26.3. The van der Waals surface area contributed by atoms with E-state index in [-0.39, 0.29) is 60.8 Å². The highest BCUT2D eigenvalue weighted by Crippen LogP contribution is 2.43. The van der Waals surface area contributed by atoms with Gasteiger partial charge in [0.25, 0.3) is 5.88 Å². The highest BCUT2D eigenvalue weighted by Gasteiger charge is 2.46. The minimum atomic E-state index is -0.825. The molecule has 0 spiro atoms. The molecule has 4 aliphatic heterocycles. The van der Waals surface area contributed by atoms with Crippen molar-refractivity contribution in [1.29, 1.82) is 0 Å². The third-order valence-corrected chi connectivity index (χ3v) is 18.4. The van der Waals surface area contributed by atoms with E-state index in [1.165, 1.54) is 4.90 Å². The fourth-order valence-electron chi connectivity index (χ4n) is 13.3. The zero-order valence-electron chi connectivity index (χ0n) is 45.3. The molecule has 9 atom stereocenters. The maximum atomic E-state index is 14.3. The van der Waals surface area contributed by atoms with Crippen LogP contribution in [0.5, 0.6) is 17.5 Å². The van der Waals surface area contributed by atoms with Crippen molar-refractivity contribution < 1.29 is 38.5 Å². The number of phenols is 1. The molecule has 416 valence electrons. The van der Waals surface area contributed by atoms with Gasteiger partial charge >= 0.3 is 0 Å². The molecule has 5 N–H and O–H groups in total. The minimum Gasteiger partial charge on any atom is -0.507 e. The zero-order valence-corrected chi connectivity index (χ0v) is 46.1. The van der Waals surface area contributed by atoms with Crippen LogP contribution in [-0.2, 0) is 14.3 Å². The lowest BCUT2D eigenvalue weighted by atomic mass is 9.91. The Bertz CT molecular complexity index is 3100. The number of likely N-dealkylation sites (tertiary alicyclic amines) is 2. The van der Waals surface area contributed by atoms with Gasteiger partial charge in [0, 0.05) is 100 Å². The van der Waals surface area contributed by atoms with Crippen LogP contribution in [0.4, 0.5) is 17.2 Å². The highest BCUT2D eigenvalue weighted by molar-refractivity contribution is 7.13. The standard InChI is InChI=1S/C59H71N11O8S/c1-33(2)55(59(74)69-31-43(71)22-50(69)58(73)63-34(3)36-9-11-37(12-10-36)56-35(4)62-32-79-56)52-26-54(66-78-52)75-18-17-67-27-38-19-44(20-39(38)28-67)76-45-23-46(24-45)77-53-21-40(15-16-61-53)70-41-13-14-42(70)30-68(29-41)49-25-48(64-65-57(49)60)47-7-5-6-8-51(47)72/h5-12,15-16,21,25-26,32-34,38-39,41-46,50,55,71-72H,13-14,17-20,22-24,27-31H2,1-4H3,(H2,60,65)(H,63,73)/t34-,38-,39+,41+,42?,43+,44?,45?,46?,50-,55+/m0/s1. The van der Waals surface area contributed by atoms with Crippen molar-refractivity contribution in [2.75, 3.05) is 61.4 Å². The van der Waals surface area contributed by atoms with E-state index in [0.29, 0.717) is 65.1 Å². The molecule has 12 rings (SSSR count). The molecule has 6 fully saturated rings. The second kappa shape index (κ2) is 22.3. The molecule has 79 heavy (non-hydrogen) atoms. The first kappa shape index (κ1) is 52.8. The molecule has 4 aromatic heterocycles. The number of ether oxygens (including phenoxy) is 3. The summed E-state index contributed by atoms with van der Waals surface area (Å²) in [4.78, 5) is 46.9. The summed E-state index contributed by atoms with van der Waals surface area (Å²) >= 11 is 1.59. The fraction of sp³-hybridized carbons (Fsp3) is 0.508. The number of nitrogens with zero attached hydrogens (tertiary/aromatic N) is 9. The Morgan fingerprint density at radius 3 is 2.33 bits per heavy atom. The van der Waals surface area contributed by atoms with Crippen LogP contribution in [0.25, 0.3) is 21.7 Å². The molecule has 6 aliphatic rings. The zero-order chi connectivity index (χ0) is 54.5. The molecule has 2 aromatic carbocycles. The van der Waals surface area contributed by atoms with Crippen molar-refractivity contribution in [3.05, 3.63) is 102 Å². The molecule has 4 saturated heterocycles. The van der Waals surface area contributed by atoms with Gasteiger partial charge in [0.2, 0.25) is 17.7 Å². The molecule has 2 bridgehead atoms. The van der Waals surface area contributed by atoms with Crippen molar-refractivity contribution in [2.45, 2.75) is 127 Å². The monoisotopic (exact) mass is 1090 g/mol. The number of amides is 2. The van der Waals surface area contributed by atoms with Crippen molar-refractivity contribution in [1.82, 2.24) is 40.4 Å². The number of thiazole rings is 1. The van der Waals surface area contributed by atoms with Crippen LogP contribution in [0.3, 0.4) is 0 Å². The van der Waals surface area contributed by atoms with E-state index in [0.717, 1.165) is 104 Å².